The summed E-state index contributed by atoms with van der Waals surface area (Å²) in [7, 11) is 0. The van der Waals surface area contributed by atoms with Crippen molar-refractivity contribution in [1.82, 2.24) is 10.2 Å². The van der Waals surface area contributed by atoms with Crippen LogP contribution in [0.2, 0.25) is 0 Å². The minimum absolute atomic E-state index is 0.0429. The smallest absolute Gasteiger partial charge is 0.241 e. The predicted octanol–water partition coefficient (Wildman–Crippen LogP) is 3.78. The molecule has 0 aromatic carbocycles. The fourth-order valence-electron chi connectivity index (χ4n) is 4.07. The maximum absolute atomic E-state index is 12.9. The molecule has 3 nitrogen and oxygen atoms in total. The Labute approximate surface area is 130 Å². The fraction of sp³-hybridized carbons (Fsp3) is 0.944. The highest BCUT2D eigenvalue weighted by molar-refractivity contribution is 5.84. The van der Waals surface area contributed by atoms with Gasteiger partial charge in [-0.15, -0.1) is 0 Å². The molecule has 1 N–H and O–H groups in total. The van der Waals surface area contributed by atoms with E-state index in [-0.39, 0.29) is 12.2 Å². The average molecular weight is 294 g/mol. The molecule has 0 aromatic heterocycles. The van der Waals surface area contributed by atoms with Crippen molar-refractivity contribution in [3.63, 3.8) is 0 Å². The summed E-state index contributed by atoms with van der Waals surface area (Å²) in [4.78, 5) is 15.1. The van der Waals surface area contributed by atoms with Gasteiger partial charge in [0.25, 0.3) is 0 Å². The quantitative estimate of drug-likeness (QED) is 0.837. The molecule has 0 aromatic rings. The standard InChI is InChI=1S/C18H34N2O/c1-6-14-7-9-15(10-8-14)20-17(13(4)5)19-16(18(20)21)11-12(2)3/h12-17,19H,6-11H2,1-5H3. The Bertz CT molecular complexity index is 345. The Balaban J connectivity index is 2.06. The van der Waals surface area contributed by atoms with Gasteiger partial charge in [-0.3, -0.25) is 10.1 Å². The van der Waals surface area contributed by atoms with Crippen LogP contribution in [0.25, 0.3) is 0 Å². The van der Waals surface area contributed by atoms with Gasteiger partial charge in [0.1, 0.15) is 0 Å². The van der Waals surface area contributed by atoms with Gasteiger partial charge >= 0.3 is 0 Å². The Hall–Kier alpha value is -0.570. The van der Waals surface area contributed by atoms with Gasteiger partial charge in [-0.1, -0.05) is 41.0 Å². The number of hydrogen-bond acceptors (Lipinski definition) is 2. The molecule has 2 fully saturated rings. The van der Waals surface area contributed by atoms with Gasteiger partial charge in [0.05, 0.1) is 12.2 Å². The van der Waals surface area contributed by atoms with E-state index in [9.17, 15) is 4.79 Å². The lowest BCUT2D eigenvalue weighted by atomic mass is 9.83. The van der Waals surface area contributed by atoms with Crippen LogP contribution < -0.4 is 5.32 Å². The number of amides is 1. The van der Waals surface area contributed by atoms with Gasteiger partial charge in [-0.25, -0.2) is 0 Å². The van der Waals surface area contributed by atoms with Crippen molar-refractivity contribution in [1.29, 1.82) is 0 Å². The molecular weight excluding hydrogens is 260 g/mol. The van der Waals surface area contributed by atoms with Crippen molar-refractivity contribution in [2.45, 2.75) is 91.4 Å². The molecular formula is C18H34N2O. The molecule has 3 heteroatoms. The first-order valence-corrected chi connectivity index (χ1v) is 9.02. The van der Waals surface area contributed by atoms with E-state index in [0.717, 1.165) is 12.3 Å². The van der Waals surface area contributed by atoms with E-state index in [1.165, 1.54) is 32.1 Å². The zero-order valence-electron chi connectivity index (χ0n) is 14.6. The highest BCUT2D eigenvalue weighted by Gasteiger charge is 2.44. The molecule has 1 saturated heterocycles. The van der Waals surface area contributed by atoms with Crippen LogP contribution in [-0.4, -0.2) is 29.1 Å². The number of rotatable bonds is 5. The molecule has 1 amide bonds. The van der Waals surface area contributed by atoms with Crippen LogP contribution in [0, 0.1) is 17.8 Å². The number of carbonyl (C=O) groups is 1. The normalized spacial score (nSPS) is 34.2. The van der Waals surface area contributed by atoms with Gasteiger partial charge < -0.3 is 4.90 Å². The molecule has 1 heterocycles. The van der Waals surface area contributed by atoms with Crippen LogP contribution in [0.3, 0.4) is 0 Å². The Morgan fingerprint density at radius 3 is 2.24 bits per heavy atom. The minimum Gasteiger partial charge on any atom is -0.323 e. The Morgan fingerprint density at radius 2 is 1.76 bits per heavy atom. The average Bonchev–Trinajstić information content (AvgIpc) is 2.76. The molecule has 1 saturated carbocycles. The van der Waals surface area contributed by atoms with Crippen LogP contribution in [0.15, 0.2) is 0 Å². The summed E-state index contributed by atoms with van der Waals surface area (Å²) in [5, 5.41) is 3.62. The largest absolute Gasteiger partial charge is 0.323 e. The van der Waals surface area contributed by atoms with Gasteiger partial charge in [0, 0.05) is 6.04 Å². The molecule has 2 unspecified atom stereocenters. The molecule has 0 radical (unpaired) electrons. The van der Waals surface area contributed by atoms with Crippen molar-refractivity contribution in [3.8, 4) is 0 Å². The fourth-order valence-corrected chi connectivity index (χ4v) is 4.07. The lowest BCUT2D eigenvalue weighted by molar-refractivity contribution is -0.134. The van der Waals surface area contributed by atoms with Crippen molar-refractivity contribution < 1.29 is 4.79 Å². The first kappa shape index (κ1) is 16.8. The van der Waals surface area contributed by atoms with E-state index in [2.05, 4.69) is 44.8 Å². The van der Waals surface area contributed by atoms with Crippen molar-refractivity contribution in [3.05, 3.63) is 0 Å². The maximum atomic E-state index is 12.9. The third-order valence-corrected chi connectivity index (χ3v) is 5.35. The first-order valence-electron chi connectivity index (χ1n) is 9.02. The SMILES string of the molecule is CCC1CCC(N2C(=O)C(CC(C)C)NC2C(C)C)CC1. The minimum atomic E-state index is 0.0429. The predicted molar refractivity (Wildman–Crippen MR) is 87.9 cm³/mol. The molecule has 2 aliphatic rings. The third-order valence-electron chi connectivity index (χ3n) is 5.35. The molecule has 2 rings (SSSR count). The third kappa shape index (κ3) is 3.80. The van der Waals surface area contributed by atoms with Crippen molar-refractivity contribution in [2.24, 2.45) is 17.8 Å². The van der Waals surface area contributed by atoms with Crippen LogP contribution in [0.1, 0.15) is 73.1 Å². The monoisotopic (exact) mass is 294 g/mol. The zero-order chi connectivity index (χ0) is 15.6. The lowest BCUT2D eigenvalue weighted by Crippen LogP contribution is -2.48. The molecule has 1 aliphatic carbocycles. The summed E-state index contributed by atoms with van der Waals surface area (Å²) in [5.74, 6) is 2.29. The van der Waals surface area contributed by atoms with E-state index in [4.69, 9.17) is 0 Å². The number of nitrogens with one attached hydrogen (secondary N) is 1. The molecule has 21 heavy (non-hydrogen) atoms. The van der Waals surface area contributed by atoms with Gasteiger partial charge in [-0.05, 0) is 49.9 Å². The summed E-state index contributed by atoms with van der Waals surface area (Å²) < 4.78 is 0. The summed E-state index contributed by atoms with van der Waals surface area (Å²) in [6.07, 6.45) is 7.48. The second kappa shape index (κ2) is 7.13. The maximum Gasteiger partial charge on any atom is 0.241 e. The summed E-state index contributed by atoms with van der Waals surface area (Å²) >= 11 is 0. The topological polar surface area (TPSA) is 32.3 Å². The van der Waals surface area contributed by atoms with E-state index >= 15 is 0 Å². The van der Waals surface area contributed by atoms with Crippen molar-refractivity contribution in [2.75, 3.05) is 0 Å². The number of nitrogens with zero attached hydrogens (tertiary/aromatic N) is 1. The lowest BCUT2D eigenvalue weighted by Gasteiger charge is -2.38. The van der Waals surface area contributed by atoms with Crippen LogP contribution >= 0.6 is 0 Å². The van der Waals surface area contributed by atoms with E-state index in [0.29, 0.717) is 23.8 Å². The Kier molecular flexibility index (Phi) is 5.70. The van der Waals surface area contributed by atoms with Crippen LogP contribution in [0.5, 0.6) is 0 Å². The summed E-state index contributed by atoms with van der Waals surface area (Å²) in [5.41, 5.74) is 0. The number of hydrogen-bond donors (Lipinski definition) is 1. The second-order valence-electron chi connectivity index (χ2n) is 7.87. The van der Waals surface area contributed by atoms with E-state index in [1.807, 2.05) is 0 Å². The van der Waals surface area contributed by atoms with E-state index in [1.54, 1.807) is 0 Å². The van der Waals surface area contributed by atoms with Gasteiger partial charge in [-0.2, -0.15) is 0 Å². The second-order valence-corrected chi connectivity index (χ2v) is 7.87. The molecule has 0 bridgehead atoms. The van der Waals surface area contributed by atoms with Crippen LogP contribution in [-0.2, 0) is 4.79 Å². The van der Waals surface area contributed by atoms with E-state index < -0.39 is 0 Å². The van der Waals surface area contributed by atoms with Gasteiger partial charge in [0.15, 0.2) is 0 Å². The van der Waals surface area contributed by atoms with Gasteiger partial charge in [0.2, 0.25) is 5.91 Å². The number of carbonyl (C=O) groups excluding carboxylic acids is 1. The Morgan fingerprint density at radius 1 is 1.14 bits per heavy atom. The molecule has 122 valence electrons. The summed E-state index contributed by atoms with van der Waals surface area (Å²) in [6.45, 7) is 11.2. The highest BCUT2D eigenvalue weighted by Crippen LogP contribution is 2.34. The molecule has 0 spiro atoms. The molecule has 1 aliphatic heterocycles. The van der Waals surface area contributed by atoms with Crippen molar-refractivity contribution >= 4 is 5.91 Å². The highest BCUT2D eigenvalue weighted by atomic mass is 16.2. The summed E-state index contributed by atoms with van der Waals surface area (Å²) in [6, 6.07) is 0.513. The zero-order valence-corrected chi connectivity index (χ0v) is 14.6. The first-order chi connectivity index (χ1) is 9.93. The van der Waals surface area contributed by atoms with Crippen LogP contribution in [0.4, 0.5) is 0 Å². The molecule has 2 atom stereocenters.